The average molecular weight is 229 g/mol. The lowest BCUT2D eigenvalue weighted by molar-refractivity contribution is -0.126. The molecule has 0 aliphatic heterocycles. The number of hydrogen-bond acceptors (Lipinski definition) is 3. The van der Waals surface area contributed by atoms with Gasteiger partial charge in [0, 0.05) is 5.92 Å². The van der Waals surface area contributed by atoms with Gasteiger partial charge < -0.3 is 15.4 Å². The van der Waals surface area contributed by atoms with Crippen molar-refractivity contribution < 1.29 is 14.8 Å². The van der Waals surface area contributed by atoms with Crippen LogP contribution < -0.4 is 5.32 Å². The third kappa shape index (κ3) is 5.51. The highest BCUT2D eigenvalue weighted by atomic mass is 16.4. The molecule has 0 rings (SSSR count). The molecule has 0 aliphatic carbocycles. The van der Waals surface area contributed by atoms with Crippen molar-refractivity contribution in [2.45, 2.75) is 47.0 Å². The van der Waals surface area contributed by atoms with Crippen LogP contribution in [-0.4, -0.2) is 29.0 Å². The molecule has 0 fully saturated rings. The molecular formula is C11H24BNO3. The number of nitrogens with one attached hydrogen (secondary N) is 1. The summed E-state index contributed by atoms with van der Waals surface area (Å²) >= 11 is 0. The maximum absolute atomic E-state index is 11.7. The topological polar surface area (TPSA) is 69.6 Å². The quantitative estimate of drug-likeness (QED) is 0.590. The van der Waals surface area contributed by atoms with E-state index in [1.165, 1.54) is 0 Å². The fourth-order valence-electron chi connectivity index (χ4n) is 1.38. The van der Waals surface area contributed by atoms with Crippen LogP contribution in [0.25, 0.3) is 0 Å². The lowest BCUT2D eigenvalue weighted by Gasteiger charge is -2.23. The fraction of sp³-hybridized carbons (Fsp3) is 0.909. The minimum atomic E-state index is -1.49. The smallest absolute Gasteiger partial charge is 0.426 e. The van der Waals surface area contributed by atoms with Gasteiger partial charge in [-0.2, -0.15) is 0 Å². The number of carbonyl (C=O) groups excluding carboxylic acids is 1. The third-order valence-electron chi connectivity index (χ3n) is 2.83. The molecule has 5 heteroatoms. The van der Waals surface area contributed by atoms with Crippen LogP contribution >= 0.6 is 0 Å². The zero-order valence-corrected chi connectivity index (χ0v) is 10.9. The summed E-state index contributed by atoms with van der Waals surface area (Å²) in [6.45, 7) is 9.74. The Kier molecular flexibility index (Phi) is 6.68. The standard InChI is InChI=1S/C11H24BNO3/c1-7(2)6-10(12(15)16)13-11(14)9(5)8(3)4/h7-10,15-16H,6H2,1-5H3,(H,13,14)/t9?,10-/m0/s1. The van der Waals surface area contributed by atoms with Crippen LogP contribution in [0.15, 0.2) is 0 Å². The van der Waals surface area contributed by atoms with Gasteiger partial charge in [-0.05, 0) is 18.3 Å². The minimum absolute atomic E-state index is 0.117. The normalized spacial score (nSPS) is 15.1. The maximum atomic E-state index is 11.7. The van der Waals surface area contributed by atoms with Crippen LogP contribution in [0, 0.1) is 17.8 Å². The van der Waals surface area contributed by atoms with E-state index in [1.807, 2.05) is 34.6 Å². The van der Waals surface area contributed by atoms with Crippen LogP contribution in [-0.2, 0) is 4.79 Å². The molecule has 16 heavy (non-hydrogen) atoms. The van der Waals surface area contributed by atoms with E-state index in [0.29, 0.717) is 12.3 Å². The highest BCUT2D eigenvalue weighted by Gasteiger charge is 2.28. The van der Waals surface area contributed by atoms with Gasteiger partial charge >= 0.3 is 7.12 Å². The summed E-state index contributed by atoms with van der Waals surface area (Å²) in [5, 5.41) is 21.0. The second-order valence-corrected chi connectivity index (χ2v) is 5.19. The van der Waals surface area contributed by atoms with Crippen molar-refractivity contribution in [3.63, 3.8) is 0 Å². The van der Waals surface area contributed by atoms with Crippen molar-refractivity contribution in [3.8, 4) is 0 Å². The van der Waals surface area contributed by atoms with Gasteiger partial charge in [0.2, 0.25) is 5.91 Å². The van der Waals surface area contributed by atoms with E-state index < -0.39 is 13.1 Å². The number of rotatable bonds is 6. The zero-order chi connectivity index (χ0) is 12.9. The summed E-state index contributed by atoms with van der Waals surface area (Å²) in [5.41, 5.74) is 0. The molecule has 0 saturated heterocycles. The predicted octanol–water partition coefficient (Wildman–Crippen LogP) is 0.821. The Hall–Kier alpha value is -0.545. The second kappa shape index (κ2) is 6.91. The molecule has 0 heterocycles. The molecule has 0 bridgehead atoms. The summed E-state index contributed by atoms with van der Waals surface area (Å²) < 4.78 is 0. The molecule has 94 valence electrons. The Morgan fingerprint density at radius 2 is 1.69 bits per heavy atom. The van der Waals surface area contributed by atoms with Crippen LogP contribution in [0.3, 0.4) is 0 Å². The molecule has 0 spiro atoms. The zero-order valence-electron chi connectivity index (χ0n) is 10.9. The largest absolute Gasteiger partial charge is 0.475 e. The van der Waals surface area contributed by atoms with Crippen LogP contribution in [0.5, 0.6) is 0 Å². The second-order valence-electron chi connectivity index (χ2n) is 5.19. The molecule has 3 N–H and O–H groups in total. The average Bonchev–Trinajstić information content (AvgIpc) is 2.14. The van der Waals surface area contributed by atoms with Gasteiger partial charge in [0.15, 0.2) is 0 Å². The van der Waals surface area contributed by atoms with Gasteiger partial charge in [-0.1, -0.05) is 34.6 Å². The molecule has 1 unspecified atom stereocenters. The van der Waals surface area contributed by atoms with Gasteiger partial charge in [0.25, 0.3) is 0 Å². The van der Waals surface area contributed by atoms with E-state index in [4.69, 9.17) is 0 Å². The van der Waals surface area contributed by atoms with Gasteiger partial charge in [-0.3, -0.25) is 4.79 Å². The molecule has 0 aliphatic rings. The number of hydrogen-bond donors (Lipinski definition) is 3. The lowest BCUT2D eigenvalue weighted by Crippen LogP contribution is -2.49. The van der Waals surface area contributed by atoms with E-state index >= 15 is 0 Å². The first-order valence-corrected chi connectivity index (χ1v) is 5.92. The fourth-order valence-corrected chi connectivity index (χ4v) is 1.38. The molecule has 0 aromatic carbocycles. The van der Waals surface area contributed by atoms with Crippen molar-refractivity contribution >= 4 is 13.0 Å². The summed E-state index contributed by atoms with van der Waals surface area (Å²) in [4.78, 5) is 11.7. The van der Waals surface area contributed by atoms with Crippen molar-refractivity contribution in [3.05, 3.63) is 0 Å². The van der Waals surface area contributed by atoms with Crippen molar-refractivity contribution in [2.24, 2.45) is 17.8 Å². The Morgan fingerprint density at radius 1 is 1.19 bits per heavy atom. The SMILES string of the molecule is CC(C)C[C@H](NC(=O)C(C)C(C)C)B(O)O. The van der Waals surface area contributed by atoms with Crippen LogP contribution in [0.4, 0.5) is 0 Å². The van der Waals surface area contributed by atoms with Crippen molar-refractivity contribution in [1.82, 2.24) is 5.32 Å². The lowest BCUT2D eigenvalue weighted by atomic mass is 9.74. The minimum Gasteiger partial charge on any atom is -0.426 e. The van der Waals surface area contributed by atoms with Gasteiger partial charge in [-0.25, -0.2) is 0 Å². The third-order valence-corrected chi connectivity index (χ3v) is 2.83. The van der Waals surface area contributed by atoms with E-state index in [0.717, 1.165) is 0 Å². The molecule has 0 aromatic heterocycles. The number of carbonyl (C=O) groups is 1. The van der Waals surface area contributed by atoms with E-state index in [-0.39, 0.29) is 17.7 Å². The monoisotopic (exact) mass is 229 g/mol. The summed E-state index contributed by atoms with van der Waals surface area (Å²) in [7, 11) is -1.49. The van der Waals surface area contributed by atoms with Gasteiger partial charge in [-0.15, -0.1) is 0 Å². The van der Waals surface area contributed by atoms with E-state index in [1.54, 1.807) is 0 Å². The molecule has 0 saturated carbocycles. The Balaban J connectivity index is 4.34. The Morgan fingerprint density at radius 3 is 2.00 bits per heavy atom. The van der Waals surface area contributed by atoms with Crippen molar-refractivity contribution in [1.29, 1.82) is 0 Å². The summed E-state index contributed by atoms with van der Waals surface area (Å²) in [6.07, 6.45) is 0.564. The van der Waals surface area contributed by atoms with Gasteiger partial charge in [0.05, 0.1) is 5.94 Å². The molecule has 0 aromatic rings. The molecule has 2 atom stereocenters. The highest BCUT2D eigenvalue weighted by molar-refractivity contribution is 6.43. The molecule has 1 amide bonds. The Labute approximate surface area is 98.6 Å². The molecule has 0 radical (unpaired) electrons. The molecule has 4 nitrogen and oxygen atoms in total. The highest BCUT2D eigenvalue weighted by Crippen LogP contribution is 2.12. The Bertz CT molecular complexity index is 219. The van der Waals surface area contributed by atoms with Crippen LogP contribution in [0.1, 0.15) is 41.0 Å². The predicted molar refractivity (Wildman–Crippen MR) is 65.6 cm³/mol. The first-order chi connectivity index (χ1) is 7.25. The summed E-state index contributed by atoms with van der Waals surface area (Å²) in [5.74, 6) is -0.257. The van der Waals surface area contributed by atoms with Crippen molar-refractivity contribution in [2.75, 3.05) is 0 Å². The molecular weight excluding hydrogens is 205 g/mol. The van der Waals surface area contributed by atoms with E-state index in [9.17, 15) is 14.8 Å². The maximum Gasteiger partial charge on any atom is 0.475 e. The summed E-state index contributed by atoms with van der Waals surface area (Å²) in [6, 6.07) is 0. The first kappa shape index (κ1) is 15.5. The van der Waals surface area contributed by atoms with E-state index in [2.05, 4.69) is 5.32 Å². The number of amides is 1. The van der Waals surface area contributed by atoms with Gasteiger partial charge in [0.1, 0.15) is 0 Å². The van der Waals surface area contributed by atoms with Crippen LogP contribution in [0.2, 0.25) is 0 Å². The first-order valence-electron chi connectivity index (χ1n) is 5.92.